The first-order valence-electron chi connectivity index (χ1n) is 4.74. The fourth-order valence-corrected chi connectivity index (χ4v) is 2.45. The molecule has 0 radical (unpaired) electrons. The second kappa shape index (κ2) is 4.25. The molecule has 2 rings (SSSR count). The molecule has 1 aromatic heterocycles. The maximum atomic E-state index is 9.99. The normalized spacial score (nSPS) is 24.8. The number of hydrogen-bond acceptors (Lipinski definition) is 5. The summed E-state index contributed by atoms with van der Waals surface area (Å²) in [4.78, 5) is 4.77. The molecule has 1 fully saturated rings. The van der Waals surface area contributed by atoms with Crippen LogP contribution in [0, 0.1) is 5.92 Å². The Balaban J connectivity index is 2.03. The maximum Gasteiger partial charge on any atom is 0.180 e. The van der Waals surface area contributed by atoms with Crippen LogP contribution in [-0.2, 0) is 4.74 Å². The quantitative estimate of drug-likeness (QED) is 0.775. The van der Waals surface area contributed by atoms with Gasteiger partial charge >= 0.3 is 0 Å². The molecule has 1 aliphatic rings. The van der Waals surface area contributed by atoms with Crippen molar-refractivity contribution in [3.8, 4) is 0 Å². The van der Waals surface area contributed by atoms with Gasteiger partial charge in [-0.3, -0.25) is 0 Å². The van der Waals surface area contributed by atoms with Crippen LogP contribution in [0.3, 0.4) is 0 Å². The Hall–Kier alpha value is -0.650. The third kappa shape index (κ3) is 2.05. The molecule has 0 amide bonds. The van der Waals surface area contributed by atoms with Gasteiger partial charge in [0.15, 0.2) is 5.13 Å². The molecule has 1 aromatic rings. The molecule has 5 heteroatoms. The molecular weight excluding hydrogens is 200 g/mol. The summed E-state index contributed by atoms with van der Waals surface area (Å²) in [6.07, 6.45) is 3.22. The Labute approximate surface area is 86.7 Å². The van der Waals surface area contributed by atoms with E-state index in [1.807, 2.05) is 0 Å². The zero-order valence-corrected chi connectivity index (χ0v) is 8.67. The van der Waals surface area contributed by atoms with E-state index in [0.717, 1.165) is 24.3 Å². The van der Waals surface area contributed by atoms with Gasteiger partial charge in [-0.1, -0.05) is 11.3 Å². The van der Waals surface area contributed by atoms with Gasteiger partial charge in [0.1, 0.15) is 0 Å². The molecule has 0 saturated carbocycles. The molecule has 0 aromatic carbocycles. The Bertz CT molecular complexity index is 297. The van der Waals surface area contributed by atoms with E-state index in [-0.39, 0.29) is 5.92 Å². The lowest BCUT2D eigenvalue weighted by atomic mass is 9.95. The number of hydrogen-bond donors (Lipinski definition) is 2. The number of thiazole rings is 1. The highest BCUT2D eigenvalue weighted by Crippen LogP contribution is 2.32. The van der Waals surface area contributed by atoms with E-state index in [1.165, 1.54) is 11.3 Å². The monoisotopic (exact) mass is 214 g/mol. The summed E-state index contributed by atoms with van der Waals surface area (Å²) in [7, 11) is 0. The van der Waals surface area contributed by atoms with Crippen molar-refractivity contribution in [1.29, 1.82) is 0 Å². The molecule has 4 nitrogen and oxygen atoms in total. The van der Waals surface area contributed by atoms with Crippen molar-refractivity contribution in [2.45, 2.75) is 18.9 Å². The maximum absolute atomic E-state index is 9.99. The van der Waals surface area contributed by atoms with Gasteiger partial charge in [-0.2, -0.15) is 0 Å². The fourth-order valence-electron chi connectivity index (χ4n) is 1.68. The number of nitrogens with zero attached hydrogens (tertiary/aromatic N) is 1. The van der Waals surface area contributed by atoms with Crippen molar-refractivity contribution in [2.75, 3.05) is 18.9 Å². The first-order chi connectivity index (χ1) is 6.77. The summed E-state index contributed by atoms with van der Waals surface area (Å²) in [6, 6.07) is 0. The number of aliphatic hydroxyl groups is 1. The second-order valence-electron chi connectivity index (χ2n) is 3.52. The summed E-state index contributed by atoms with van der Waals surface area (Å²) in [6.45, 7) is 1.45. The van der Waals surface area contributed by atoms with Gasteiger partial charge < -0.3 is 15.6 Å². The summed E-state index contributed by atoms with van der Waals surface area (Å²) < 4.78 is 5.32. The Morgan fingerprint density at radius 3 is 3.14 bits per heavy atom. The molecule has 2 unspecified atom stereocenters. The van der Waals surface area contributed by atoms with Crippen LogP contribution < -0.4 is 5.73 Å². The van der Waals surface area contributed by atoms with Crippen molar-refractivity contribution >= 4 is 16.5 Å². The lowest BCUT2D eigenvalue weighted by molar-refractivity contribution is -0.00869. The molecule has 3 N–H and O–H groups in total. The van der Waals surface area contributed by atoms with Gasteiger partial charge in [0.2, 0.25) is 0 Å². The van der Waals surface area contributed by atoms with Crippen molar-refractivity contribution in [3.05, 3.63) is 11.1 Å². The highest BCUT2D eigenvalue weighted by Gasteiger charge is 2.25. The molecule has 14 heavy (non-hydrogen) atoms. The Morgan fingerprint density at radius 1 is 1.71 bits per heavy atom. The molecule has 0 bridgehead atoms. The van der Waals surface area contributed by atoms with Gasteiger partial charge in [0, 0.05) is 18.7 Å². The lowest BCUT2D eigenvalue weighted by Gasteiger charge is -2.25. The number of nitrogen functional groups attached to an aromatic ring is 1. The van der Waals surface area contributed by atoms with Gasteiger partial charge in [-0.15, -0.1) is 0 Å². The van der Waals surface area contributed by atoms with E-state index in [2.05, 4.69) is 4.98 Å². The van der Waals surface area contributed by atoms with E-state index >= 15 is 0 Å². The van der Waals surface area contributed by atoms with E-state index in [0.29, 0.717) is 11.7 Å². The standard InChI is InChI=1S/C9H14N2O2S/c10-9-11-4-7(14-9)8(12)6-2-1-3-13-5-6/h4,6,8,12H,1-3,5H2,(H2,10,11). The molecule has 2 atom stereocenters. The van der Waals surface area contributed by atoms with Crippen molar-refractivity contribution in [2.24, 2.45) is 5.92 Å². The molecule has 1 aliphatic heterocycles. The highest BCUT2D eigenvalue weighted by atomic mass is 32.1. The van der Waals surface area contributed by atoms with Crippen molar-refractivity contribution < 1.29 is 9.84 Å². The summed E-state index contributed by atoms with van der Waals surface area (Å²) in [5.74, 6) is 0.198. The van der Waals surface area contributed by atoms with E-state index in [4.69, 9.17) is 10.5 Å². The number of anilines is 1. The van der Waals surface area contributed by atoms with Crippen LogP contribution in [-0.4, -0.2) is 23.3 Å². The second-order valence-corrected chi connectivity index (χ2v) is 4.62. The highest BCUT2D eigenvalue weighted by molar-refractivity contribution is 7.15. The number of nitrogens with two attached hydrogens (primary N) is 1. The van der Waals surface area contributed by atoms with Crippen LogP contribution >= 0.6 is 11.3 Å². The number of rotatable bonds is 2. The smallest absolute Gasteiger partial charge is 0.180 e. The third-order valence-corrected chi connectivity index (χ3v) is 3.37. The fraction of sp³-hybridized carbons (Fsp3) is 0.667. The average Bonchev–Trinajstić information content (AvgIpc) is 2.65. The first-order valence-corrected chi connectivity index (χ1v) is 5.56. The van der Waals surface area contributed by atoms with Crippen LogP contribution in [0.5, 0.6) is 0 Å². The van der Waals surface area contributed by atoms with E-state index in [9.17, 15) is 5.11 Å². The van der Waals surface area contributed by atoms with Crippen LogP contribution in [0.4, 0.5) is 5.13 Å². The molecule has 78 valence electrons. The Morgan fingerprint density at radius 2 is 2.57 bits per heavy atom. The minimum absolute atomic E-state index is 0.198. The molecule has 1 saturated heterocycles. The van der Waals surface area contributed by atoms with Crippen LogP contribution in [0.25, 0.3) is 0 Å². The SMILES string of the molecule is Nc1ncc(C(O)C2CCCOC2)s1. The first kappa shape index (κ1) is 9.89. The average molecular weight is 214 g/mol. The van der Waals surface area contributed by atoms with Gasteiger partial charge in [0.25, 0.3) is 0 Å². The van der Waals surface area contributed by atoms with Crippen molar-refractivity contribution in [3.63, 3.8) is 0 Å². The lowest BCUT2D eigenvalue weighted by Crippen LogP contribution is -2.23. The van der Waals surface area contributed by atoms with E-state index < -0.39 is 6.10 Å². The molecule has 2 heterocycles. The number of ether oxygens (including phenoxy) is 1. The van der Waals surface area contributed by atoms with Crippen molar-refractivity contribution in [1.82, 2.24) is 4.98 Å². The largest absolute Gasteiger partial charge is 0.387 e. The van der Waals surface area contributed by atoms with Crippen LogP contribution in [0.1, 0.15) is 23.8 Å². The summed E-state index contributed by atoms with van der Waals surface area (Å²) in [5, 5.41) is 10.5. The summed E-state index contributed by atoms with van der Waals surface area (Å²) in [5.41, 5.74) is 5.51. The molecule has 0 spiro atoms. The zero-order chi connectivity index (χ0) is 9.97. The topological polar surface area (TPSA) is 68.4 Å². The number of aromatic nitrogens is 1. The van der Waals surface area contributed by atoms with Gasteiger partial charge in [-0.25, -0.2) is 4.98 Å². The molecular formula is C9H14N2O2S. The summed E-state index contributed by atoms with van der Waals surface area (Å²) >= 11 is 1.35. The molecule has 0 aliphatic carbocycles. The predicted molar refractivity (Wildman–Crippen MR) is 55.0 cm³/mol. The third-order valence-electron chi connectivity index (χ3n) is 2.47. The van der Waals surface area contributed by atoms with E-state index in [1.54, 1.807) is 6.20 Å². The Kier molecular flexibility index (Phi) is 3.00. The minimum Gasteiger partial charge on any atom is -0.387 e. The van der Waals surface area contributed by atoms with Gasteiger partial charge in [-0.05, 0) is 12.8 Å². The number of aliphatic hydroxyl groups excluding tert-OH is 1. The van der Waals surface area contributed by atoms with Gasteiger partial charge in [0.05, 0.1) is 17.6 Å². The van der Waals surface area contributed by atoms with Crippen LogP contribution in [0.2, 0.25) is 0 Å². The predicted octanol–water partition coefficient (Wildman–Crippen LogP) is 1.19. The minimum atomic E-state index is -0.468. The van der Waals surface area contributed by atoms with Crippen LogP contribution in [0.15, 0.2) is 6.20 Å². The zero-order valence-electron chi connectivity index (χ0n) is 7.85.